The first kappa shape index (κ1) is 25.2. The molecule has 37 heavy (non-hydrogen) atoms. The number of amides is 1. The van der Waals surface area contributed by atoms with E-state index >= 15 is 0 Å². The molecule has 3 aromatic carbocycles. The van der Waals surface area contributed by atoms with Crippen molar-refractivity contribution in [1.29, 1.82) is 0 Å². The van der Waals surface area contributed by atoms with Crippen LogP contribution in [0.4, 0.5) is 0 Å². The van der Waals surface area contributed by atoms with Gasteiger partial charge in [-0.05, 0) is 42.3 Å². The van der Waals surface area contributed by atoms with Gasteiger partial charge in [0.15, 0.2) is 0 Å². The molecule has 0 spiro atoms. The van der Waals surface area contributed by atoms with Crippen LogP contribution in [0.15, 0.2) is 84.4 Å². The van der Waals surface area contributed by atoms with Gasteiger partial charge in [-0.25, -0.2) is 0 Å². The Labute approximate surface area is 221 Å². The first-order chi connectivity index (χ1) is 17.9. The lowest BCUT2D eigenvalue weighted by molar-refractivity contribution is -0.140. The molecule has 6 nitrogen and oxygen atoms in total. The zero-order valence-electron chi connectivity index (χ0n) is 20.6. The summed E-state index contributed by atoms with van der Waals surface area (Å²) in [5.74, 6) is -1.51. The monoisotopic (exact) mass is 516 g/mol. The van der Waals surface area contributed by atoms with Gasteiger partial charge in [-0.1, -0.05) is 71.8 Å². The lowest BCUT2D eigenvalue weighted by Gasteiger charge is -2.38. The average Bonchev–Trinajstić information content (AvgIpc) is 3.18. The Hall–Kier alpha value is -3.45. The Morgan fingerprint density at radius 3 is 2.27 bits per heavy atom. The van der Waals surface area contributed by atoms with Crippen molar-refractivity contribution < 1.29 is 19.4 Å². The fraction of sp³-hybridized carbons (Fsp3) is 0.267. The quantitative estimate of drug-likeness (QED) is 0.279. The molecular formula is C30H29ClN2O4. The van der Waals surface area contributed by atoms with Crippen molar-refractivity contribution in [2.45, 2.75) is 19.0 Å². The van der Waals surface area contributed by atoms with Crippen LogP contribution in [0.2, 0.25) is 5.02 Å². The summed E-state index contributed by atoms with van der Waals surface area (Å²) in [7, 11) is 0. The standard InChI is InChI=1S/C30H29ClN2O4/c1-20-7-9-22(10-8-20)27-26(28(34)23-11-13-24(31)14-12-23)29(35)30(36)33(27)19-25(21-5-3-2-4-6-21)32-15-17-37-18-16-32/h2-14,25,27,34H,15-19H2,1H3. The van der Waals surface area contributed by atoms with Gasteiger partial charge in [0.25, 0.3) is 11.7 Å². The topological polar surface area (TPSA) is 70.1 Å². The molecule has 7 heteroatoms. The highest BCUT2D eigenvalue weighted by Crippen LogP contribution is 2.41. The van der Waals surface area contributed by atoms with Crippen LogP contribution in [0.1, 0.15) is 34.3 Å². The molecule has 2 unspecified atom stereocenters. The number of likely N-dealkylation sites (tertiary alicyclic amines) is 1. The Balaban J connectivity index is 1.60. The minimum Gasteiger partial charge on any atom is -0.507 e. The fourth-order valence-corrected chi connectivity index (χ4v) is 5.24. The minimum absolute atomic E-state index is 0.0879. The highest BCUT2D eigenvalue weighted by Gasteiger charge is 2.47. The van der Waals surface area contributed by atoms with E-state index in [2.05, 4.69) is 4.90 Å². The predicted molar refractivity (Wildman–Crippen MR) is 143 cm³/mol. The molecule has 2 saturated heterocycles. The van der Waals surface area contributed by atoms with E-state index < -0.39 is 17.7 Å². The van der Waals surface area contributed by atoms with Crippen molar-refractivity contribution in [2.24, 2.45) is 0 Å². The number of carbonyl (C=O) groups excluding carboxylic acids is 2. The number of aliphatic hydroxyl groups excluding tert-OH is 1. The molecule has 5 rings (SSSR count). The van der Waals surface area contributed by atoms with Crippen molar-refractivity contribution in [3.05, 3.63) is 112 Å². The number of ether oxygens (including phenoxy) is 1. The number of aliphatic hydroxyl groups is 1. The molecule has 3 aromatic rings. The van der Waals surface area contributed by atoms with E-state index in [9.17, 15) is 14.7 Å². The summed E-state index contributed by atoms with van der Waals surface area (Å²) in [5, 5.41) is 11.8. The number of Topliss-reactive ketones (excluding diaryl/α,β-unsaturated/α-hetero) is 1. The molecule has 190 valence electrons. The number of benzene rings is 3. The molecule has 0 bridgehead atoms. The molecule has 0 saturated carbocycles. The van der Waals surface area contributed by atoms with E-state index in [4.69, 9.17) is 16.3 Å². The number of aryl methyl sites for hydroxylation is 1. The number of nitrogens with zero attached hydrogens (tertiary/aromatic N) is 2. The van der Waals surface area contributed by atoms with Crippen LogP contribution in [-0.2, 0) is 14.3 Å². The van der Waals surface area contributed by atoms with Gasteiger partial charge in [0.05, 0.1) is 30.9 Å². The summed E-state index contributed by atoms with van der Waals surface area (Å²) in [5.41, 5.74) is 3.42. The Kier molecular flexibility index (Phi) is 7.42. The molecule has 2 aliphatic rings. The van der Waals surface area contributed by atoms with Crippen LogP contribution < -0.4 is 0 Å². The van der Waals surface area contributed by atoms with Crippen molar-refractivity contribution in [3.63, 3.8) is 0 Å². The number of morpholine rings is 1. The smallest absolute Gasteiger partial charge is 0.295 e. The number of hydrogen-bond donors (Lipinski definition) is 1. The lowest BCUT2D eigenvalue weighted by Crippen LogP contribution is -2.45. The lowest BCUT2D eigenvalue weighted by atomic mass is 9.94. The van der Waals surface area contributed by atoms with Crippen molar-refractivity contribution in [1.82, 2.24) is 9.80 Å². The largest absolute Gasteiger partial charge is 0.507 e. The molecule has 2 fully saturated rings. The fourth-order valence-electron chi connectivity index (χ4n) is 5.11. The Morgan fingerprint density at radius 2 is 1.62 bits per heavy atom. The van der Waals surface area contributed by atoms with Gasteiger partial charge in [-0.3, -0.25) is 14.5 Å². The van der Waals surface area contributed by atoms with Crippen LogP contribution in [0, 0.1) is 6.92 Å². The molecule has 0 aromatic heterocycles. The van der Waals surface area contributed by atoms with Crippen LogP contribution in [0.25, 0.3) is 5.76 Å². The van der Waals surface area contributed by atoms with Crippen LogP contribution in [0.3, 0.4) is 0 Å². The second kappa shape index (κ2) is 10.9. The van der Waals surface area contributed by atoms with Crippen LogP contribution in [-0.4, -0.2) is 59.4 Å². The average molecular weight is 517 g/mol. The van der Waals surface area contributed by atoms with Gasteiger partial charge < -0.3 is 14.7 Å². The minimum atomic E-state index is -0.719. The Morgan fingerprint density at radius 1 is 0.973 bits per heavy atom. The van der Waals surface area contributed by atoms with Crippen molar-refractivity contribution in [3.8, 4) is 0 Å². The molecule has 0 aliphatic carbocycles. The zero-order chi connectivity index (χ0) is 25.9. The second-order valence-electron chi connectivity index (χ2n) is 9.44. The van der Waals surface area contributed by atoms with Gasteiger partial charge in [-0.2, -0.15) is 0 Å². The molecule has 1 N–H and O–H groups in total. The summed E-state index contributed by atoms with van der Waals surface area (Å²) < 4.78 is 5.58. The second-order valence-corrected chi connectivity index (χ2v) is 9.88. The molecule has 1 amide bonds. The Bertz CT molecular complexity index is 1300. The molecule has 2 atom stereocenters. The van der Waals surface area contributed by atoms with E-state index in [-0.39, 0.29) is 17.4 Å². The van der Waals surface area contributed by atoms with Gasteiger partial charge in [0.2, 0.25) is 0 Å². The number of halogens is 1. The SMILES string of the molecule is Cc1ccc(C2C(=C(O)c3ccc(Cl)cc3)C(=O)C(=O)N2CC(c2ccccc2)N2CCOCC2)cc1. The van der Waals surface area contributed by atoms with E-state index in [0.29, 0.717) is 30.3 Å². The van der Waals surface area contributed by atoms with Gasteiger partial charge >= 0.3 is 0 Å². The van der Waals surface area contributed by atoms with Crippen molar-refractivity contribution in [2.75, 3.05) is 32.8 Å². The highest BCUT2D eigenvalue weighted by molar-refractivity contribution is 6.46. The summed E-state index contributed by atoms with van der Waals surface area (Å²) in [6.45, 7) is 4.95. The first-order valence-corrected chi connectivity index (χ1v) is 12.8. The highest BCUT2D eigenvalue weighted by atomic mass is 35.5. The first-order valence-electron chi connectivity index (χ1n) is 12.4. The summed E-state index contributed by atoms with van der Waals surface area (Å²) >= 11 is 6.04. The maximum atomic E-state index is 13.6. The van der Waals surface area contributed by atoms with E-state index in [1.54, 1.807) is 29.2 Å². The molecule has 2 aliphatic heterocycles. The third kappa shape index (κ3) is 5.18. The maximum absolute atomic E-state index is 13.6. The number of ketones is 1. The van der Waals surface area contributed by atoms with E-state index in [1.807, 2.05) is 61.5 Å². The summed E-state index contributed by atoms with van der Waals surface area (Å²) in [6, 6.07) is 23.5. The van der Waals surface area contributed by atoms with Crippen molar-refractivity contribution >= 4 is 29.1 Å². The maximum Gasteiger partial charge on any atom is 0.295 e. The van der Waals surface area contributed by atoms with Crippen LogP contribution in [0.5, 0.6) is 0 Å². The number of rotatable bonds is 6. The zero-order valence-corrected chi connectivity index (χ0v) is 21.4. The molecule has 0 radical (unpaired) electrons. The van der Waals surface area contributed by atoms with E-state index in [1.165, 1.54) is 0 Å². The number of carbonyl (C=O) groups is 2. The van der Waals surface area contributed by atoms with E-state index in [0.717, 1.165) is 29.8 Å². The predicted octanol–water partition coefficient (Wildman–Crippen LogP) is 5.14. The summed E-state index contributed by atoms with van der Waals surface area (Å²) in [6.07, 6.45) is 0. The molecule has 2 heterocycles. The third-order valence-electron chi connectivity index (χ3n) is 7.09. The van der Waals surface area contributed by atoms with Crippen LogP contribution >= 0.6 is 11.6 Å². The van der Waals surface area contributed by atoms with Gasteiger partial charge in [-0.15, -0.1) is 0 Å². The van der Waals surface area contributed by atoms with Gasteiger partial charge in [0, 0.05) is 30.2 Å². The number of hydrogen-bond acceptors (Lipinski definition) is 5. The normalized spacial score (nSPS) is 20.8. The third-order valence-corrected chi connectivity index (χ3v) is 7.34. The summed E-state index contributed by atoms with van der Waals surface area (Å²) in [4.78, 5) is 31.0. The molecular weight excluding hydrogens is 488 g/mol. The van der Waals surface area contributed by atoms with Gasteiger partial charge in [0.1, 0.15) is 5.76 Å².